The zero-order valence-electron chi connectivity index (χ0n) is 15.0. The highest BCUT2D eigenvalue weighted by Gasteiger charge is 2.17. The van der Waals surface area contributed by atoms with Crippen LogP contribution in [0.1, 0.15) is 31.4 Å². The maximum absolute atomic E-state index is 10.4. The second kappa shape index (κ2) is 9.45. The predicted molar refractivity (Wildman–Crippen MR) is 99.3 cm³/mol. The van der Waals surface area contributed by atoms with Gasteiger partial charge in [-0.05, 0) is 38.0 Å². The van der Waals surface area contributed by atoms with E-state index in [9.17, 15) is 5.11 Å². The summed E-state index contributed by atoms with van der Waals surface area (Å²) in [5, 5.41) is 10.4. The molecule has 0 aliphatic rings. The lowest BCUT2D eigenvalue weighted by molar-refractivity contribution is 0.0506. The van der Waals surface area contributed by atoms with Crippen molar-refractivity contribution in [2.45, 2.75) is 45.9 Å². The van der Waals surface area contributed by atoms with Crippen LogP contribution in [0.3, 0.4) is 0 Å². The number of nitrogens with zero attached hydrogens (tertiary/aromatic N) is 1. The Bertz CT molecular complexity index is 600. The normalized spacial score (nSPS) is 13.7. The Morgan fingerprint density at radius 3 is 2.50 bits per heavy atom. The fourth-order valence-electron chi connectivity index (χ4n) is 2.74. The number of benzene rings is 2. The van der Waals surface area contributed by atoms with Gasteiger partial charge in [0, 0.05) is 19.1 Å². The van der Waals surface area contributed by atoms with Crippen LogP contribution in [0.5, 0.6) is 5.75 Å². The smallest absolute Gasteiger partial charge is 0.119 e. The van der Waals surface area contributed by atoms with Crippen molar-refractivity contribution in [2.24, 2.45) is 0 Å². The number of para-hydroxylation sites is 1. The van der Waals surface area contributed by atoms with Crippen molar-refractivity contribution >= 4 is 0 Å². The third kappa shape index (κ3) is 5.99. The maximum atomic E-state index is 10.4. The Kier molecular flexibility index (Phi) is 7.29. The van der Waals surface area contributed by atoms with E-state index >= 15 is 0 Å². The molecule has 0 saturated carbocycles. The van der Waals surface area contributed by atoms with E-state index in [1.165, 1.54) is 11.1 Å². The molecule has 0 unspecified atom stereocenters. The average molecular weight is 327 g/mol. The molecule has 130 valence electrons. The van der Waals surface area contributed by atoms with Crippen molar-refractivity contribution < 1.29 is 9.84 Å². The number of hydrogen-bond acceptors (Lipinski definition) is 3. The lowest BCUT2D eigenvalue weighted by atomic mass is 10.1. The molecule has 3 heteroatoms. The number of rotatable bonds is 9. The Hall–Kier alpha value is -1.84. The van der Waals surface area contributed by atoms with E-state index in [2.05, 4.69) is 49.9 Å². The van der Waals surface area contributed by atoms with Crippen LogP contribution < -0.4 is 4.74 Å². The Balaban J connectivity index is 1.92. The maximum Gasteiger partial charge on any atom is 0.119 e. The first kappa shape index (κ1) is 18.5. The van der Waals surface area contributed by atoms with E-state index < -0.39 is 6.10 Å². The molecule has 0 aromatic heterocycles. The fraction of sp³-hybridized carbons (Fsp3) is 0.429. The molecule has 0 amide bonds. The molecule has 0 saturated heterocycles. The predicted octanol–water partition coefficient (Wildman–Crippen LogP) is 4.04. The van der Waals surface area contributed by atoms with Crippen molar-refractivity contribution in [3.05, 3.63) is 65.7 Å². The first-order chi connectivity index (χ1) is 11.6. The summed E-state index contributed by atoms with van der Waals surface area (Å²) in [5.74, 6) is 0.797. The largest absolute Gasteiger partial charge is 0.491 e. The standard InChI is InChI=1S/C21H29NO2/c1-4-18(3)22(14-19-10-8-9-17(2)13-19)15-20(23)16-24-21-11-6-5-7-12-21/h5-13,18,20,23H,4,14-16H2,1-3H3/t18-,20-/m1/s1. The van der Waals surface area contributed by atoms with Crippen LogP contribution in [0.25, 0.3) is 0 Å². The first-order valence-corrected chi connectivity index (χ1v) is 8.74. The zero-order valence-corrected chi connectivity index (χ0v) is 15.0. The third-order valence-electron chi connectivity index (χ3n) is 4.31. The van der Waals surface area contributed by atoms with Crippen molar-refractivity contribution in [1.29, 1.82) is 0 Å². The van der Waals surface area contributed by atoms with Crippen LogP contribution >= 0.6 is 0 Å². The molecule has 2 aromatic rings. The van der Waals surface area contributed by atoms with Gasteiger partial charge in [0.1, 0.15) is 18.5 Å². The van der Waals surface area contributed by atoms with E-state index in [-0.39, 0.29) is 0 Å². The number of aliphatic hydroxyl groups is 1. The average Bonchev–Trinajstić information content (AvgIpc) is 2.59. The Labute approximate surface area is 145 Å². The van der Waals surface area contributed by atoms with Crippen LogP contribution in [0, 0.1) is 6.92 Å². The highest BCUT2D eigenvalue weighted by molar-refractivity contribution is 5.22. The van der Waals surface area contributed by atoms with Crippen LogP contribution in [0.4, 0.5) is 0 Å². The topological polar surface area (TPSA) is 32.7 Å². The van der Waals surface area contributed by atoms with Gasteiger partial charge in [0.25, 0.3) is 0 Å². The molecule has 2 atom stereocenters. The van der Waals surface area contributed by atoms with Gasteiger partial charge in [-0.1, -0.05) is 55.0 Å². The van der Waals surface area contributed by atoms with Gasteiger partial charge in [0.2, 0.25) is 0 Å². The van der Waals surface area contributed by atoms with Crippen molar-refractivity contribution in [3.8, 4) is 5.75 Å². The number of aryl methyl sites for hydroxylation is 1. The van der Waals surface area contributed by atoms with Crippen LogP contribution in [-0.4, -0.2) is 35.3 Å². The first-order valence-electron chi connectivity index (χ1n) is 8.74. The quantitative estimate of drug-likeness (QED) is 0.754. The molecule has 2 aromatic carbocycles. The van der Waals surface area contributed by atoms with Crippen LogP contribution in [-0.2, 0) is 6.54 Å². The molecule has 0 bridgehead atoms. The second-order valence-electron chi connectivity index (χ2n) is 6.45. The summed E-state index contributed by atoms with van der Waals surface area (Å²) in [5.41, 5.74) is 2.55. The molecule has 0 heterocycles. The lowest BCUT2D eigenvalue weighted by Crippen LogP contribution is -2.40. The minimum absolute atomic E-state index is 0.310. The fourth-order valence-corrected chi connectivity index (χ4v) is 2.74. The van der Waals surface area contributed by atoms with Gasteiger partial charge < -0.3 is 9.84 Å². The summed E-state index contributed by atoms with van der Waals surface area (Å²) in [6, 6.07) is 18.6. The number of ether oxygens (including phenoxy) is 1. The number of hydrogen-bond donors (Lipinski definition) is 1. The minimum Gasteiger partial charge on any atom is -0.491 e. The second-order valence-corrected chi connectivity index (χ2v) is 6.45. The molecular weight excluding hydrogens is 298 g/mol. The molecule has 24 heavy (non-hydrogen) atoms. The van der Waals surface area contributed by atoms with Crippen molar-refractivity contribution in [2.75, 3.05) is 13.2 Å². The lowest BCUT2D eigenvalue weighted by Gasteiger charge is -2.30. The van der Waals surface area contributed by atoms with Gasteiger partial charge in [-0.25, -0.2) is 0 Å². The Morgan fingerprint density at radius 1 is 1.08 bits per heavy atom. The van der Waals surface area contributed by atoms with E-state index in [1.807, 2.05) is 30.3 Å². The third-order valence-corrected chi connectivity index (χ3v) is 4.31. The molecule has 0 aliphatic heterocycles. The van der Waals surface area contributed by atoms with Crippen LogP contribution in [0.2, 0.25) is 0 Å². The van der Waals surface area contributed by atoms with Gasteiger partial charge in [0.05, 0.1) is 0 Å². The highest BCUT2D eigenvalue weighted by atomic mass is 16.5. The molecule has 0 spiro atoms. The van der Waals surface area contributed by atoms with Gasteiger partial charge in [-0.15, -0.1) is 0 Å². The van der Waals surface area contributed by atoms with E-state index in [4.69, 9.17) is 4.74 Å². The SMILES string of the molecule is CC[C@@H](C)N(Cc1cccc(C)c1)C[C@@H](O)COc1ccccc1. The minimum atomic E-state index is -0.510. The van der Waals surface area contributed by atoms with Gasteiger partial charge in [0.15, 0.2) is 0 Å². The van der Waals surface area contributed by atoms with E-state index in [1.54, 1.807) is 0 Å². The van der Waals surface area contributed by atoms with E-state index in [0.29, 0.717) is 19.2 Å². The molecule has 3 nitrogen and oxygen atoms in total. The Morgan fingerprint density at radius 2 is 1.83 bits per heavy atom. The summed E-state index contributed by atoms with van der Waals surface area (Å²) in [4.78, 5) is 2.33. The summed E-state index contributed by atoms with van der Waals surface area (Å²) in [7, 11) is 0. The molecular formula is C21H29NO2. The van der Waals surface area contributed by atoms with Gasteiger partial charge >= 0.3 is 0 Å². The monoisotopic (exact) mass is 327 g/mol. The van der Waals surface area contributed by atoms with Gasteiger partial charge in [-0.2, -0.15) is 0 Å². The molecule has 0 aliphatic carbocycles. The van der Waals surface area contributed by atoms with Gasteiger partial charge in [-0.3, -0.25) is 4.90 Å². The molecule has 1 N–H and O–H groups in total. The van der Waals surface area contributed by atoms with Crippen molar-refractivity contribution in [1.82, 2.24) is 4.90 Å². The summed E-state index contributed by atoms with van der Waals surface area (Å²) < 4.78 is 5.67. The summed E-state index contributed by atoms with van der Waals surface area (Å²) in [6.07, 6.45) is 0.543. The zero-order chi connectivity index (χ0) is 17.4. The number of aliphatic hydroxyl groups excluding tert-OH is 1. The van der Waals surface area contributed by atoms with Crippen molar-refractivity contribution in [3.63, 3.8) is 0 Å². The molecule has 2 rings (SSSR count). The highest BCUT2D eigenvalue weighted by Crippen LogP contribution is 2.14. The van der Waals surface area contributed by atoms with Crippen LogP contribution in [0.15, 0.2) is 54.6 Å². The van der Waals surface area contributed by atoms with E-state index in [0.717, 1.165) is 18.7 Å². The molecule has 0 fully saturated rings. The molecule has 0 radical (unpaired) electrons. The summed E-state index contributed by atoms with van der Waals surface area (Å²) >= 11 is 0. The summed E-state index contributed by atoms with van der Waals surface area (Å²) in [6.45, 7) is 8.26.